The first-order chi connectivity index (χ1) is 16.8. The topological polar surface area (TPSA) is 109 Å². The third kappa shape index (κ3) is 5.05. The van der Waals surface area contributed by atoms with Crippen molar-refractivity contribution in [2.75, 3.05) is 20.2 Å². The number of aliphatic carboxylic acids is 1. The second-order valence-electron chi connectivity index (χ2n) is 8.44. The molecular formula is C26H27N3O5S. The molecule has 1 atom stereocenters. The average molecular weight is 494 g/mol. The van der Waals surface area contributed by atoms with Gasteiger partial charge in [-0.2, -0.15) is 0 Å². The first-order valence-corrected chi connectivity index (χ1v) is 12.1. The van der Waals surface area contributed by atoms with Gasteiger partial charge >= 0.3 is 12.1 Å². The lowest BCUT2D eigenvalue weighted by molar-refractivity contribution is -0.141. The molecule has 9 heteroatoms. The number of fused-ring (bicyclic) bond motifs is 3. The number of nitrogens with one attached hydrogen (secondary N) is 1. The first-order valence-electron chi connectivity index (χ1n) is 11.3. The number of rotatable bonds is 8. The van der Waals surface area contributed by atoms with E-state index in [4.69, 9.17) is 9.84 Å². The Kier molecular flexibility index (Phi) is 7.16. The van der Waals surface area contributed by atoms with Crippen molar-refractivity contribution < 1.29 is 24.2 Å². The summed E-state index contributed by atoms with van der Waals surface area (Å²) in [6.07, 6.45) is -0.0762. The van der Waals surface area contributed by atoms with Gasteiger partial charge in [0.15, 0.2) is 0 Å². The van der Waals surface area contributed by atoms with Gasteiger partial charge in [-0.15, -0.1) is 11.3 Å². The van der Waals surface area contributed by atoms with Crippen molar-refractivity contribution in [3.63, 3.8) is 0 Å². The van der Waals surface area contributed by atoms with Crippen LogP contribution in [0.4, 0.5) is 4.79 Å². The van der Waals surface area contributed by atoms with Gasteiger partial charge in [0, 0.05) is 30.8 Å². The number of nitrogens with zero attached hydrogens (tertiary/aromatic N) is 2. The highest BCUT2D eigenvalue weighted by Gasteiger charge is 2.29. The van der Waals surface area contributed by atoms with Crippen molar-refractivity contribution in [3.05, 3.63) is 75.2 Å². The molecule has 1 heterocycles. The summed E-state index contributed by atoms with van der Waals surface area (Å²) in [7, 11) is 1.44. The highest BCUT2D eigenvalue weighted by molar-refractivity contribution is 7.11. The van der Waals surface area contributed by atoms with Crippen LogP contribution in [0.1, 0.15) is 44.3 Å². The van der Waals surface area contributed by atoms with Crippen LogP contribution in [0.5, 0.6) is 0 Å². The van der Waals surface area contributed by atoms with Crippen LogP contribution in [0.25, 0.3) is 11.1 Å². The van der Waals surface area contributed by atoms with Crippen LogP contribution in [0.3, 0.4) is 0 Å². The fourth-order valence-electron chi connectivity index (χ4n) is 4.19. The molecule has 0 unspecified atom stereocenters. The molecule has 0 radical (unpaired) electrons. The van der Waals surface area contributed by atoms with Crippen LogP contribution in [0, 0.1) is 6.92 Å². The van der Waals surface area contributed by atoms with Gasteiger partial charge in [-0.05, 0) is 36.1 Å². The van der Waals surface area contributed by atoms with E-state index in [-0.39, 0.29) is 18.2 Å². The third-order valence-electron chi connectivity index (χ3n) is 6.25. The lowest BCUT2D eigenvalue weighted by atomic mass is 9.98. The van der Waals surface area contributed by atoms with Gasteiger partial charge in [-0.25, -0.2) is 14.6 Å². The Morgan fingerprint density at radius 3 is 2.31 bits per heavy atom. The Hall–Kier alpha value is -3.72. The molecule has 1 aromatic heterocycles. The number of ether oxygens (including phenoxy) is 1. The molecule has 35 heavy (non-hydrogen) atoms. The molecular weight excluding hydrogens is 466 g/mol. The predicted octanol–water partition coefficient (Wildman–Crippen LogP) is 4.08. The molecule has 182 valence electrons. The monoisotopic (exact) mass is 493 g/mol. The highest BCUT2D eigenvalue weighted by Crippen LogP contribution is 2.44. The van der Waals surface area contributed by atoms with Crippen LogP contribution in [-0.2, 0) is 16.0 Å². The van der Waals surface area contributed by atoms with E-state index >= 15 is 0 Å². The van der Waals surface area contributed by atoms with E-state index < -0.39 is 24.0 Å². The predicted molar refractivity (Wildman–Crippen MR) is 133 cm³/mol. The second kappa shape index (κ2) is 10.3. The van der Waals surface area contributed by atoms with Crippen molar-refractivity contribution in [2.45, 2.75) is 32.2 Å². The normalized spacial score (nSPS) is 13.0. The second-order valence-corrected chi connectivity index (χ2v) is 9.73. The Morgan fingerprint density at radius 1 is 1.11 bits per heavy atom. The zero-order chi connectivity index (χ0) is 25.1. The number of hydrogen-bond acceptors (Lipinski definition) is 6. The number of carbonyl (C=O) groups excluding carboxylic acids is 2. The minimum Gasteiger partial charge on any atom is -0.480 e. The van der Waals surface area contributed by atoms with Crippen molar-refractivity contribution >= 4 is 29.3 Å². The summed E-state index contributed by atoms with van der Waals surface area (Å²) in [5.74, 6) is -1.53. The number of likely N-dealkylation sites (N-methyl/N-ethyl adjacent to an activating group) is 1. The number of benzene rings is 2. The van der Waals surface area contributed by atoms with Gasteiger partial charge in [0.25, 0.3) is 5.91 Å². The summed E-state index contributed by atoms with van der Waals surface area (Å²) in [4.78, 5) is 42.4. The zero-order valence-electron chi connectivity index (χ0n) is 19.8. The molecule has 2 N–H and O–H groups in total. The number of hydrogen-bond donors (Lipinski definition) is 2. The smallest absolute Gasteiger partial charge is 0.407 e. The molecule has 2 aromatic carbocycles. The van der Waals surface area contributed by atoms with E-state index in [1.165, 1.54) is 36.4 Å². The molecule has 8 nitrogen and oxygen atoms in total. The molecule has 0 spiro atoms. The van der Waals surface area contributed by atoms with Gasteiger partial charge in [-0.3, -0.25) is 4.79 Å². The minimum atomic E-state index is -1.08. The van der Waals surface area contributed by atoms with Crippen LogP contribution in [-0.4, -0.2) is 59.2 Å². The van der Waals surface area contributed by atoms with Crippen LogP contribution in [0.2, 0.25) is 0 Å². The van der Waals surface area contributed by atoms with Gasteiger partial charge in [0.2, 0.25) is 0 Å². The standard InChI is InChI=1S/C26H27N3O5S/c1-15(25(31)32)29(3)24(30)23-16(2)35-22(28-23)12-13-27-26(33)34-14-21-19-10-6-4-8-17(19)18-9-5-7-11-20(18)21/h4-11,15,21H,12-14H2,1-3H3,(H,27,33)(H,31,32)/t15-/m0/s1. The Bertz CT molecular complexity index is 1230. The largest absolute Gasteiger partial charge is 0.480 e. The zero-order valence-corrected chi connectivity index (χ0v) is 20.6. The van der Waals surface area contributed by atoms with E-state index in [1.54, 1.807) is 6.92 Å². The quantitative estimate of drug-likeness (QED) is 0.490. The SMILES string of the molecule is Cc1sc(CCNC(=O)OCC2c3ccccc3-c3ccccc32)nc1C(=O)N(C)[C@@H](C)C(=O)O. The summed E-state index contributed by atoms with van der Waals surface area (Å²) in [5, 5.41) is 12.6. The van der Waals surface area contributed by atoms with Crippen molar-refractivity contribution in [1.29, 1.82) is 0 Å². The summed E-state index contributed by atoms with van der Waals surface area (Å²) >= 11 is 1.35. The molecule has 3 aromatic rings. The average Bonchev–Trinajstić information content (AvgIpc) is 3.38. The molecule has 2 amide bonds. The fourth-order valence-corrected chi connectivity index (χ4v) is 5.11. The lowest BCUT2D eigenvalue weighted by Crippen LogP contribution is -2.40. The summed E-state index contributed by atoms with van der Waals surface area (Å²) < 4.78 is 5.54. The fraction of sp³-hybridized carbons (Fsp3) is 0.308. The lowest BCUT2D eigenvalue weighted by Gasteiger charge is -2.20. The van der Waals surface area contributed by atoms with Gasteiger partial charge < -0.3 is 20.1 Å². The van der Waals surface area contributed by atoms with E-state index in [0.29, 0.717) is 22.9 Å². The van der Waals surface area contributed by atoms with Crippen molar-refractivity contribution in [2.24, 2.45) is 0 Å². The highest BCUT2D eigenvalue weighted by atomic mass is 32.1. The molecule has 0 saturated heterocycles. The van der Waals surface area contributed by atoms with Crippen molar-refractivity contribution in [1.82, 2.24) is 15.2 Å². The molecule has 4 rings (SSSR count). The first kappa shape index (κ1) is 24.4. The summed E-state index contributed by atoms with van der Waals surface area (Å²) in [6.45, 7) is 3.76. The molecule has 1 aliphatic carbocycles. The number of carboxylic acid groups (broad SMARTS) is 1. The Labute approximate surface area is 207 Å². The Balaban J connectivity index is 1.30. The third-order valence-corrected chi connectivity index (χ3v) is 7.28. The maximum absolute atomic E-state index is 12.6. The molecule has 0 aliphatic heterocycles. The van der Waals surface area contributed by atoms with Gasteiger partial charge in [0.05, 0.1) is 5.01 Å². The van der Waals surface area contributed by atoms with Crippen molar-refractivity contribution in [3.8, 4) is 11.1 Å². The van der Waals surface area contributed by atoms with Crippen LogP contribution < -0.4 is 5.32 Å². The molecule has 0 saturated carbocycles. The van der Waals surface area contributed by atoms with E-state index in [2.05, 4.69) is 34.6 Å². The summed E-state index contributed by atoms with van der Waals surface area (Å²) in [6, 6.07) is 15.4. The van der Waals surface area contributed by atoms with E-state index in [9.17, 15) is 14.4 Å². The number of thiazole rings is 1. The van der Waals surface area contributed by atoms with Gasteiger partial charge in [0.1, 0.15) is 18.3 Å². The van der Waals surface area contributed by atoms with E-state index in [1.807, 2.05) is 24.3 Å². The van der Waals surface area contributed by atoms with Crippen LogP contribution >= 0.6 is 11.3 Å². The summed E-state index contributed by atoms with van der Waals surface area (Å²) in [5.41, 5.74) is 4.88. The molecule has 1 aliphatic rings. The minimum absolute atomic E-state index is 0.00600. The number of carboxylic acids is 1. The number of amides is 2. The number of alkyl carbamates (subject to hydrolysis) is 1. The maximum Gasteiger partial charge on any atom is 0.407 e. The van der Waals surface area contributed by atoms with Gasteiger partial charge in [-0.1, -0.05) is 48.5 Å². The Morgan fingerprint density at radius 2 is 1.71 bits per heavy atom. The number of carbonyl (C=O) groups is 3. The number of aryl methyl sites for hydroxylation is 1. The number of aromatic nitrogens is 1. The molecule has 0 fully saturated rings. The van der Waals surface area contributed by atoms with Crippen LogP contribution in [0.15, 0.2) is 48.5 Å². The molecule has 0 bridgehead atoms. The van der Waals surface area contributed by atoms with E-state index in [0.717, 1.165) is 16.0 Å². The maximum atomic E-state index is 12.6.